The molecule has 24 heavy (non-hydrogen) atoms. The third-order valence-electron chi connectivity index (χ3n) is 4.85. The molecule has 2 N–H and O–H groups in total. The first-order valence-corrected chi connectivity index (χ1v) is 8.45. The molecule has 1 heterocycles. The summed E-state index contributed by atoms with van der Waals surface area (Å²) in [7, 11) is 1.87. The third-order valence-corrected chi connectivity index (χ3v) is 4.85. The van der Waals surface area contributed by atoms with E-state index in [1.165, 1.54) is 5.56 Å². The van der Waals surface area contributed by atoms with Gasteiger partial charge in [0, 0.05) is 25.3 Å². The molecule has 3 rings (SSSR count). The second-order valence-electron chi connectivity index (χ2n) is 6.56. The van der Waals surface area contributed by atoms with Gasteiger partial charge in [0.1, 0.15) is 0 Å². The van der Waals surface area contributed by atoms with Crippen molar-refractivity contribution in [3.05, 3.63) is 65.7 Å². The van der Waals surface area contributed by atoms with Crippen molar-refractivity contribution in [1.82, 2.24) is 4.90 Å². The summed E-state index contributed by atoms with van der Waals surface area (Å²) in [5.41, 5.74) is 9.68. The maximum atomic E-state index is 12.8. The zero-order chi connectivity index (χ0) is 17.1. The van der Waals surface area contributed by atoms with Crippen LogP contribution in [-0.4, -0.2) is 37.0 Å². The van der Waals surface area contributed by atoms with Crippen LogP contribution in [0.3, 0.4) is 0 Å². The van der Waals surface area contributed by atoms with Crippen LogP contribution in [0.5, 0.6) is 0 Å². The second kappa shape index (κ2) is 7.05. The van der Waals surface area contributed by atoms with Crippen LogP contribution in [0, 0.1) is 0 Å². The number of nitrogens with zero attached hydrogens (tertiary/aromatic N) is 2. The van der Waals surface area contributed by atoms with Crippen molar-refractivity contribution >= 4 is 11.6 Å². The van der Waals surface area contributed by atoms with Crippen molar-refractivity contribution in [2.24, 2.45) is 5.73 Å². The van der Waals surface area contributed by atoms with Crippen molar-refractivity contribution in [3.63, 3.8) is 0 Å². The van der Waals surface area contributed by atoms with E-state index in [0.717, 1.165) is 24.2 Å². The summed E-state index contributed by atoms with van der Waals surface area (Å²) in [6.45, 7) is 3.14. The minimum Gasteiger partial charge on any atom is -0.360 e. The summed E-state index contributed by atoms with van der Waals surface area (Å²) >= 11 is 0. The first-order chi connectivity index (χ1) is 11.6. The van der Waals surface area contributed by atoms with Gasteiger partial charge in [0.25, 0.3) is 0 Å². The second-order valence-corrected chi connectivity index (χ2v) is 6.56. The molecule has 4 heteroatoms. The molecule has 1 amide bonds. The van der Waals surface area contributed by atoms with E-state index in [1.54, 1.807) is 0 Å². The van der Waals surface area contributed by atoms with E-state index in [0.29, 0.717) is 6.54 Å². The number of para-hydroxylation sites is 1. The first-order valence-electron chi connectivity index (χ1n) is 8.45. The fourth-order valence-corrected chi connectivity index (χ4v) is 3.32. The number of hydrogen-bond acceptors (Lipinski definition) is 3. The number of likely N-dealkylation sites (N-methyl/N-ethyl adjacent to an activating group) is 1. The highest BCUT2D eigenvalue weighted by Gasteiger charge is 2.25. The van der Waals surface area contributed by atoms with E-state index in [4.69, 9.17) is 5.73 Å². The first kappa shape index (κ1) is 16.5. The van der Waals surface area contributed by atoms with E-state index in [-0.39, 0.29) is 18.0 Å². The van der Waals surface area contributed by atoms with Gasteiger partial charge in [0.05, 0.1) is 12.6 Å². The van der Waals surface area contributed by atoms with Crippen molar-refractivity contribution in [1.29, 1.82) is 0 Å². The average Bonchev–Trinajstić information content (AvgIpc) is 2.61. The van der Waals surface area contributed by atoms with Gasteiger partial charge in [-0.15, -0.1) is 0 Å². The van der Waals surface area contributed by atoms with E-state index in [1.807, 2.05) is 42.3 Å². The Morgan fingerprint density at radius 1 is 1.21 bits per heavy atom. The average molecular weight is 323 g/mol. The number of rotatable bonds is 4. The Kier molecular flexibility index (Phi) is 4.86. The van der Waals surface area contributed by atoms with Gasteiger partial charge < -0.3 is 15.5 Å². The standard InChI is InChI=1S/C20H25N3O/c1-15(16-8-4-3-5-9-16)22(2)20(24)14-23-13-18(21)12-17-10-6-7-11-19(17)23/h3-11,15,18H,12-14,21H2,1-2H3. The highest BCUT2D eigenvalue weighted by molar-refractivity contribution is 5.82. The number of fused-ring (bicyclic) bond motifs is 1. The molecule has 2 aromatic carbocycles. The Morgan fingerprint density at radius 2 is 1.88 bits per heavy atom. The van der Waals surface area contributed by atoms with Gasteiger partial charge in [-0.1, -0.05) is 48.5 Å². The summed E-state index contributed by atoms with van der Waals surface area (Å²) in [6, 6.07) is 18.5. The van der Waals surface area contributed by atoms with Gasteiger partial charge >= 0.3 is 0 Å². The number of carbonyl (C=O) groups excluding carboxylic acids is 1. The van der Waals surface area contributed by atoms with E-state index in [9.17, 15) is 4.79 Å². The molecule has 0 fully saturated rings. The maximum Gasteiger partial charge on any atom is 0.242 e. The minimum atomic E-state index is 0.0485. The third kappa shape index (κ3) is 3.44. The molecule has 2 atom stereocenters. The van der Waals surface area contributed by atoms with Gasteiger partial charge in [-0.25, -0.2) is 0 Å². The predicted octanol–water partition coefficient (Wildman–Crippen LogP) is 2.60. The van der Waals surface area contributed by atoms with Crippen molar-refractivity contribution < 1.29 is 4.79 Å². The van der Waals surface area contributed by atoms with Crippen LogP contribution in [-0.2, 0) is 11.2 Å². The van der Waals surface area contributed by atoms with E-state index < -0.39 is 0 Å². The lowest BCUT2D eigenvalue weighted by Crippen LogP contribution is -2.48. The van der Waals surface area contributed by atoms with Gasteiger partial charge in [0.2, 0.25) is 5.91 Å². The van der Waals surface area contributed by atoms with Crippen molar-refractivity contribution in [3.8, 4) is 0 Å². The lowest BCUT2D eigenvalue weighted by Gasteiger charge is -2.36. The van der Waals surface area contributed by atoms with Crippen LogP contribution < -0.4 is 10.6 Å². The smallest absolute Gasteiger partial charge is 0.242 e. The fraction of sp³-hybridized carbons (Fsp3) is 0.350. The Morgan fingerprint density at radius 3 is 2.62 bits per heavy atom. The lowest BCUT2D eigenvalue weighted by atomic mass is 9.98. The number of amides is 1. The summed E-state index contributed by atoms with van der Waals surface area (Å²) in [4.78, 5) is 16.7. The predicted molar refractivity (Wildman–Crippen MR) is 98.0 cm³/mol. The minimum absolute atomic E-state index is 0.0485. The Hall–Kier alpha value is -2.33. The van der Waals surface area contributed by atoms with Gasteiger partial charge in [-0.05, 0) is 30.5 Å². The lowest BCUT2D eigenvalue weighted by molar-refractivity contribution is -0.130. The highest BCUT2D eigenvalue weighted by atomic mass is 16.2. The van der Waals surface area contributed by atoms with Crippen LogP contribution in [0.25, 0.3) is 0 Å². The zero-order valence-corrected chi connectivity index (χ0v) is 14.4. The molecule has 0 bridgehead atoms. The Bertz CT molecular complexity index is 701. The number of anilines is 1. The molecule has 1 aliphatic rings. The zero-order valence-electron chi connectivity index (χ0n) is 14.4. The maximum absolute atomic E-state index is 12.8. The SMILES string of the molecule is CC(c1ccccc1)N(C)C(=O)CN1CC(N)Cc2ccccc21. The number of nitrogens with two attached hydrogens (primary N) is 1. The molecule has 0 saturated heterocycles. The van der Waals surface area contributed by atoms with Crippen LogP contribution in [0.4, 0.5) is 5.69 Å². The highest BCUT2D eigenvalue weighted by Crippen LogP contribution is 2.27. The molecule has 0 aromatic heterocycles. The van der Waals surface area contributed by atoms with Crippen LogP contribution in [0.1, 0.15) is 24.1 Å². The molecule has 2 aromatic rings. The molecule has 1 aliphatic heterocycles. The molecule has 0 saturated carbocycles. The number of benzene rings is 2. The van der Waals surface area contributed by atoms with Crippen molar-refractivity contribution in [2.75, 3.05) is 25.0 Å². The Balaban J connectivity index is 1.73. The normalized spacial score (nSPS) is 18.0. The van der Waals surface area contributed by atoms with Crippen LogP contribution >= 0.6 is 0 Å². The topological polar surface area (TPSA) is 49.6 Å². The summed E-state index contributed by atoms with van der Waals surface area (Å²) in [5, 5.41) is 0. The molecule has 0 aliphatic carbocycles. The molecule has 126 valence electrons. The van der Waals surface area contributed by atoms with Gasteiger partial charge in [0.15, 0.2) is 0 Å². The van der Waals surface area contributed by atoms with E-state index >= 15 is 0 Å². The van der Waals surface area contributed by atoms with Crippen molar-refractivity contribution in [2.45, 2.75) is 25.4 Å². The van der Waals surface area contributed by atoms with Crippen LogP contribution in [0.15, 0.2) is 54.6 Å². The summed E-state index contributed by atoms with van der Waals surface area (Å²) < 4.78 is 0. The summed E-state index contributed by atoms with van der Waals surface area (Å²) in [6.07, 6.45) is 0.872. The monoisotopic (exact) mass is 323 g/mol. The molecule has 4 nitrogen and oxygen atoms in total. The number of hydrogen-bond donors (Lipinski definition) is 1. The number of carbonyl (C=O) groups is 1. The summed E-state index contributed by atoms with van der Waals surface area (Å²) in [5.74, 6) is 0.107. The Labute approximate surface area is 143 Å². The quantitative estimate of drug-likeness (QED) is 0.941. The molecular formula is C20H25N3O. The largest absolute Gasteiger partial charge is 0.360 e. The van der Waals surface area contributed by atoms with Crippen LogP contribution in [0.2, 0.25) is 0 Å². The van der Waals surface area contributed by atoms with E-state index in [2.05, 4.69) is 36.1 Å². The fourth-order valence-electron chi connectivity index (χ4n) is 3.32. The molecule has 0 radical (unpaired) electrons. The van der Waals surface area contributed by atoms with Gasteiger partial charge in [-0.3, -0.25) is 4.79 Å². The molecule has 0 spiro atoms. The van der Waals surface area contributed by atoms with Gasteiger partial charge in [-0.2, -0.15) is 0 Å². The molecular weight excluding hydrogens is 298 g/mol. The molecule has 2 unspecified atom stereocenters.